The smallest absolute Gasteiger partial charge is 0.254 e. The highest BCUT2D eigenvalue weighted by Gasteiger charge is 2.23. The Bertz CT molecular complexity index is 448. The molecule has 5 nitrogen and oxygen atoms in total. The molecule has 18 heavy (non-hydrogen) atoms. The van der Waals surface area contributed by atoms with Gasteiger partial charge in [-0.1, -0.05) is 0 Å². The summed E-state index contributed by atoms with van der Waals surface area (Å²) in [4.78, 5) is 13.9. The predicted octanol–water partition coefficient (Wildman–Crippen LogP) is 0.874. The monoisotopic (exact) mass is 250 g/mol. The van der Waals surface area contributed by atoms with E-state index in [1.54, 1.807) is 23.1 Å². The minimum atomic E-state index is -0.418. The van der Waals surface area contributed by atoms with Crippen molar-refractivity contribution >= 4 is 11.6 Å². The van der Waals surface area contributed by atoms with Crippen molar-refractivity contribution < 1.29 is 14.6 Å². The average molecular weight is 250 g/mol. The van der Waals surface area contributed by atoms with Gasteiger partial charge in [0.15, 0.2) is 0 Å². The Morgan fingerprint density at radius 3 is 2.94 bits per heavy atom. The SMILES string of the molecule is COc1ccc(C(=O)N2CCCC(O)C2)cc1N. The molecule has 1 aliphatic heterocycles. The number of nitrogens with zero attached hydrogens (tertiary/aromatic N) is 1. The molecule has 3 N–H and O–H groups in total. The highest BCUT2D eigenvalue weighted by Crippen LogP contribution is 2.23. The van der Waals surface area contributed by atoms with Gasteiger partial charge in [-0.3, -0.25) is 4.79 Å². The number of anilines is 1. The van der Waals surface area contributed by atoms with Crippen LogP contribution < -0.4 is 10.5 Å². The van der Waals surface area contributed by atoms with Crippen LogP contribution in [0.25, 0.3) is 0 Å². The van der Waals surface area contributed by atoms with Gasteiger partial charge < -0.3 is 20.5 Å². The lowest BCUT2D eigenvalue weighted by Crippen LogP contribution is -2.42. The Morgan fingerprint density at radius 1 is 1.56 bits per heavy atom. The molecule has 0 radical (unpaired) electrons. The number of aliphatic hydroxyl groups is 1. The second-order valence-electron chi connectivity index (χ2n) is 4.50. The fourth-order valence-electron chi connectivity index (χ4n) is 2.19. The number of nitrogens with two attached hydrogens (primary N) is 1. The first kappa shape index (κ1) is 12.7. The van der Waals surface area contributed by atoms with Gasteiger partial charge in [0.05, 0.1) is 18.9 Å². The lowest BCUT2D eigenvalue weighted by Gasteiger charge is -2.30. The molecule has 5 heteroatoms. The first-order valence-corrected chi connectivity index (χ1v) is 6.02. The number of ether oxygens (including phenoxy) is 1. The minimum Gasteiger partial charge on any atom is -0.495 e. The van der Waals surface area contributed by atoms with Gasteiger partial charge in [-0.05, 0) is 31.0 Å². The Labute approximate surface area is 106 Å². The lowest BCUT2D eigenvalue weighted by molar-refractivity contribution is 0.0474. The number of aliphatic hydroxyl groups excluding tert-OH is 1. The van der Waals surface area contributed by atoms with Crippen LogP contribution in [-0.2, 0) is 0 Å². The minimum absolute atomic E-state index is 0.0943. The number of likely N-dealkylation sites (tertiary alicyclic amines) is 1. The van der Waals surface area contributed by atoms with Crippen molar-refractivity contribution in [3.8, 4) is 5.75 Å². The molecule has 0 aliphatic carbocycles. The molecule has 1 amide bonds. The number of β-amino-alcohol motifs (C(OH)–C–C–N with tert-alkyl or cyclic N) is 1. The second kappa shape index (κ2) is 5.27. The number of benzene rings is 1. The van der Waals surface area contributed by atoms with Crippen LogP contribution in [0.2, 0.25) is 0 Å². The summed E-state index contributed by atoms with van der Waals surface area (Å²) >= 11 is 0. The molecule has 1 aromatic rings. The van der Waals surface area contributed by atoms with Crippen LogP contribution in [-0.4, -0.2) is 42.2 Å². The van der Waals surface area contributed by atoms with Crippen molar-refractivity contribution in [2.24, 2.45) is 0 Å². The van der Waals surface area contributed by atoms with E-state index in [1.165, 1.54) is 7.11 Å². The number of nitrogen functional groups attached to an aromatic ring is 1. The van der Waals surface area contributed by atoms with E-state index in [-0.39, 0.29) is 5.91 Å². The number of rotatable bonds is 2. The summed E-state index contributed by atoms with van der Waals surface area (Å²) in [5, 5.41) is 9.57. The maximum atomic E-state index is 12.2. The van der Waals surface area contributed by atoms with E-state index in [4.69, 9.17) is 10.5 Å². The summed E-state index contributed by atoms with van der Waals surface area (Å²) in [5.41, 5.74) is 6.76. The summed E-state index contributed by atoms with van der Waals surface area (Å²) in [6, 6.07) is 4.99. The lowest BCUT2D eigenvalue weighted by atomic mass is 10.1. The number of piperidine rings is 1. The average Bonchev–Trinajstić information content (AvgIpc) is 2.37. The fraction of sp³-hybridized carbons (Fsp3) is 0.462. The van der Waals surface area contributed by atoms with Gasteiger partial charge >= 0.3 is 0 Å². The number of carbonyl (C=O) groups excluding carboxylic acids is 1. The van der Waals surface area contributed by atoms with Gasteiger partial charge in [0, 0.05) is 18.7 Å². The molecule has 1 aliphatic rings. The van der Waals surface area contributed by atoms with E-state index in [0.29, 0.717) is 30.1 Å². The maximum Gasteiger partial charge on any atom is 0.254 e. The molecular formula is C13H18N2O3. The van der Waals surface area contributed by atoms with Crippen LogP contribution in [0.1, 0.15) is 23.2 Å². The van der Waals surface area contributed by atoms with Crippen molar-refractivity contribution in [3.63, 3.8) is 0 Å². The Hall–Kier alpha value is -1.75. The fourth-order valence-corrected chi connectivity index (χ4v) is 2.19. The molecule has 98 valence electrons. The summed E-state index contributed by atoms with van der Waals surface area (Å²) in [6.45, 7) is 1.08. The first-order valence-electron chi connectivity index (χ1n) is 6.02. The molecule has 0 aromatic heterocycles. The number of carbonyl (C=O) groups is 1. The van der Waals surface area contributed by atoms with Gasteiger partial charge in [-0.25, -0.2) is 0 Å². The van der Waals surface area contributed by atoms with Gasteiger partial charge in [-0.15, -0.1) is 0 Å². The predicted molar refractivity (Wildman–Crippen MR) is 68.6 cm³/mol. The zero-order chi connectivity index (χ0) is 13.1. The van der Waals surface area contributed by atoms with Gasteiger partial charge in [0.2, 0.25) is 0 Å². The Kier molecular flexibility index (Phi) is 3.72. The van der Waals surface area contributed by atoms with E-state index in [2.05, 4.69) is 0 Å². The van der Waals surface area contributed by atoms with Crippen LogP contribution in [0, 0.1) is 0 Å². The molecule has 0 saturated carbocycles. The van der Waals surface area contributed by atoms with E-state index in [1.807, 2.05) is 0 Å². The van der Waals surface area contributed by atoms with Crippen molar-refractivity contribution in [1.29, 1.82) is 0 Å². The molecule has 1 fully saturated rings. The third-order valence-corrected chi connectivity index (χ3v) is 3.16. The summed E-state index contributed by atoms with van der Waals surface area (Å²) < 4.78 is 5.05. The molecule has 0 bridgehead atoms. The van der Waals surface area contributed by atoms with Crippen LogP contribution >= 0.6 is 0 Å². The number of methoxy groups -OCH3 is 1. The Morgan fingerprint density at radius 2 is 2.33 bits per heavy atom. The van der Waals surface area contributed by atoms with Gasteiger partial charge in [0.25, 0.3) is 5.91 Å². The third-order valence-electron chi connectivity index (χ3n) is 3.16. The molecule has 1 heterocycles. The molecule has 2 rings (SSSR count). The van der Waals surface area contributed by atoms with E-state index >= 15 is 0 Å². The van der Waals surface area contributed by atoms with Gasteiger partial charge in [0.1, 0.15) is 5.75 Å². The zero-order valence-corrected chi connectivity index (χ0v) is 10.4. The van der Waals surface area contributed by atoms with Crippen molar-refractivity contribution in [1.82, 2.24) is 4.90 Å². The number of hydrogen-bond acceptors (Lipinski definition) is 4. The second-order valence-corrected chi connectivity index (χ2v) is 4.50. The summed E-state index contributed by atoms with van der Waals surface area (Å²) in [5.74, 6) is 0.466. The summed E-state index contributed by atoms with van der Waals surface area (Å²) in [6.07, 6.45) is 1.17. The number of hydrogen-bond donors (Lipinski definition) is 2. The molecule has 0 spiro atoms. The zero-order valence-electron chi connectivity index (χ0n) is 10.4. The van der Waals surface area contributed by atoms with Crippen molar-refractivity contribution in [3.05, 3.63) is 23.8 Å². The third kappa shape index (κ3) is 2.56. The van der Waals surface area contributed by atoms with E-state index < -0.39 is 6.10 Å². The van der Waals surface area contributed by atoms with Crippen LogP contribution in [0.3, 0.4) is 0 Å². The highest BCUT2D eigenvalue weighted by atomic mass is 16.5. The van der Waals surface area contributed by atoms with Crippen molar-refractivity contribution in [2.45, 2.75) is 18.9 Å². The van der Waals surface area contributed by atoms with Crippen molar-refractivity contribution in [2.75, 3.05) is 25.9 Å². The molecule has 1 saturated heterocycles. The topological polar surface area (TPSA) is 75.8 Å². The van der Waals surface area contributed by atoms with Crippen LogP contribution in [0.15, 0.2) is 18.2 Å². The molecule has 1 aromatic carbocycles. The van der Waals surface area contributed by atoms with E-state index in [9.17, 15) is 9.90 Å². The van der Waals surface area contributed by atoms with Crippen LogP contribution in [0.5, 0.6) is 5.75 Å². The summed E-state index contributed by atoms with van der Waals surface area (Å²) in [7, 11) is 1.54. The number of amides is 1. The van der Waals surface area contributed by atoms with Crippen LogP contribution in [0.4, 0.5) is 5.69 Å². The van der Waals surface area contributed by atoms with E-state index in [0.717, 1.165) is 12.8 Å². The normalized spacial score (nSPS) is 19.7. The maximum absolute atomic E-state index is 12.2. The standard InChI is InChI=1S/C13H18N2O3/c1-18-12-5-4-9(7-11(12)14)13(17)15-6-2-3-10(16)8-15/h4-5,7,10,16H,2-3,6,8,14H2,1H3. The quantitative estimate of drug-likeness (QED) is 0.764. The Balaban J connectivity index is 2.15. The van der Waals surface area contributed by atoms with Gasteiger partial charge in [-0.2, -0.15) is 0 Å². The first-order chi connectivity index (χ1) is 8.61. The molecule has 1 atom stereocenters. The molecule has 1 unspecified atom stereocenters. The molecular weight excluding hydrogens is 232 g/mol. The highest BCUT2D eigenvalue weighted by molar-refractivity contribution is 5.95. The largest absolute Gasteiger partial charge is 0.495 e.